The molecule has 0 spiro atoms. The van der Waals surface area contributed by atoms with Gasteiger partial charge in [-0.15, -0.1) is 0 Å². The van der Waals surface area contributed by atoms with Gasteiger partial charge >= 0.3 is 0 Å². The molecule has 1 aromatic rings. The molecule has 0 saturated carbocycles. The molecule has 0 aliphatic heterocycles. The first-order valence-electron chi connectivity index (χ1n) is 6.62. The Balaban J connectivity index is 2.75. The van der Waals surface area contributed by atoms with Gasteiger partial charge in [0.15, 0.2) is 0 Å². The number of hydrogen-bond acceptors (Lipinski definition) is 3. The fourth-order valence-corrected chi connectivity index (χ4v) is 1.67. The molecule has 0 saturated heterocycles. The highest BCUT2D eigenvalue weighted by Crippen LogP contribution is 2.17. The van der Waals surface area contributed by atoms with Crippen LogP contribution in [0.1, 0.15) is 36.2 Å². The number of carbonyl (C=O) groups excluding carboxylic acids is 1. The number of nitrogens with one attached hydrogen (secondary N) is 1. The Bertz CT molecular complexity index is 558. The van der Waals surface area contributed by atoms with Crippen molar-refractivity contribution in [2.24, 2.45) is 0 Å². The number of carbonyl (C=O) groups is 1. The lowest BCUT2D eigenvalue weighted by Gasteiger charge is -2.23. The maximum Gasteiger partial charge on any atom is 0.251 e. The Morgan fingerprint density at radius 3 is 2.76 bits per heavy atom. The number of aliphatic hydroxyl groups excluding tert-OH is 1. The predicted molar refractivity (Wildman–Crippen MR) is 83.5 cm³/mol. The van der Waals surface area contributed by atoms with Crippen LogP contribution in [0.4, 0.5) is 0 Å². The van der Waals surface area contributed by atoms with Crippen LogP contribution in [0.25, 0.3) is 0 Å². The minimum Gasteiger partial charge on any atom is -0.395 e. The van der Waals surface area contributed by atoms with Crippen LogP contribution >= 0.6 is 11.6 Å². The van der Waals surface area contributed by atoms with Crippen molar-refractivity contribution in [3.05, 3.63) is 34.3 Å². The third kappa shape index (κ3) is 5.76. The lowest BCUT2D eigenvalue weighted by atomic mass is 10.1. The van der Waals surface area contributed by atoms with E-state index in [-0.39, 0.29) is 12.5 Å². The summed E-state index contributed by atoms with van der Waals surface area (Å²) in [5, 5.41) is 11.9. The normalized spacial score (nSPS) is 10.7. The molecule has 0 bridgehead atoms. The SMILES string of the molecule is COC(C)(C)CNC(=O)c1ccc(C#CCCO)c(Cl)c1. The summed E-state index contributed by atoms with van der Waals surface area (Å²) in [6.45, 7) is 4.19. The highest BCUT2D eigenvalue weighted by Gasteiger charge is 2.18. The first-order chi connectivity index (χ1) is 9.89. The molecular weight excluding hydrogens is 290 g/mol. The van der Waals surface area contributed by atoms with Gasteiger partial charge in [0.25, 0.3) is 5.91 Å². The molecule has 21 heavy (non-hydrogen) atoms. The van der Waals surface area contributed by atoms with Crippen molar-refractivity contribution in [3.8, 4) is 11.8 Å². The Labute approximate surface area is 130 Å². The summed E-state index contributed by atoms with van der Waals surface area (Å²) in [4.78, 5) is 12.0. The van der Waals surface area contributed by atoms with E-state index in [1.54, 1.807) is 25.3 Å². The maximum atomic E-state index is 12.0. The predicted octanol–water partition coefficient (Wildman–Crippen LogP) is 2.23. The van der Waals surface area contributed by atoms with E-state index in [1.165, 1.54) is 0 Å². The van der Waals surface area contributed by atoms with E-state index < -0.39 is 5.60 Å². The van der Waals surface area contributed by atoms with Crippen molar-refractivity contribution >= 4 is 17.5 Å². The zero-order valence-electron chi connectivity index (χ0n) is 12.5. The number of amides is 1. The van der Waals surface area contributed by atoms with Gasteiger partial charge in [-0.25, -0.2) is 0 Å². The number of rotatable bonds is 5. The maximum absolute atomic E-state index is 12.0. The van der Waals surface area contributed by atoms with Gasteiger partial charge in [0, 0.05) is 31.2 Å². The number of methoxy groups -OCH3 is 1. The fourth-order valence-electron chi connectivity index (χ4n) is 1.44. The van der Waals surface area contributed by atoms with Gasteiger partial charge in [-0.3, -0.25) is 4.79 Å². The molecule has 0 aliphatic carbocycles. The first-order valence-corrected chi connectivity index (χ1v) is 7.00. The quantitative estimate of drug-likeness (QED) is 0.820. The summed E-state index contributed by atoms with van der Waals surface area (Å²) in [6.07, 6.45) is 0.394. The summed E-state index contributed by atoms with van der Waals surface area (Å²) in [6, 6.07) is 4.95. The topological polar surface area (TPSA) is 58.6 Å². The second-order valence-corrected chi connectivity index (χ2v) is 5.52. The standard InChI is InChI=1S/C16H20ClNO3/c1-16(2,21-3)11-18-15(20)13-8-7-12(14(17)10-13)6-4-5-9-19/h7-8,10,19H,5,9,11H2,1-3H3,(H,18,20). The largest absolute Gasteiger partial charge is 0.395 e. The monoisotopic (exact) mass is 309 g/mol. The van der Waals surface area contributed by atoms with Crippen molar-refractivity contribution in [3.63, 3.8) is 0 Å². The van der Waals surface area contributed by atoms with Gasteiger partial charge in [-0.2, -0.15) is 0 Å². The molecule has 0 unspecified atom stereocenters. The van der Waals surface area contributed by atoms with E-state index in [0.29, 0.717) is 29.1 Å². The van der Waals surface area contributed by atoms with Crippen LogP contribution in [-0.4, -0.2) is 36.9 Å². The van der Waals surface area contributed by atoms with Crippen molar-refractivity contribution < 1.29 is 14.6 Å². The van der Waals surface area contributed by atoms with Gasteiger partial charge in [-0.05, 0) is 32.0 Å². The molecule has 0 aromatic heterocycles. The van der Waals surface area contributed by atoms with Crippen LogP contribution in [-0.2, 0) is 4.74 Å². The summed E-state index contributed by atoms with van der Waals surface area (Å²) in [5.74, 6) is 5.43. The second kappa shape index (κ2) is 8.04. The summed E-state index contributed by atoms with van der Waals surface area (Å²) in [7, 11) is 1.60. The Hall–Kier alpha value is -1.54. The zero-order chi connectivity index (χ0) is 15.9. The van der Waals surface area contributed by atoms with Crippen LogP contribution in [0.3, 0.4) is 0 Å². The molecule has 114 valence electrons. The molecule has 4 nitrogen and oxygen atoms in total. The summed E-state index contributed by atoms with van der Waals surface area (Å²) < 4.78 is 5.24. The van der Waals surface area contributed by atoms with Gasteiger partial charge in [-0.1, -0.05) is 23.4 Å². The van der Waals surface area contributed by atoms with Crippen LogP contribution in [0.5, 0.6) is 0 Å². The molecule has 0 fully saturated rings. The van der Waals surface area contributed by atoms with Gasteiger partial charge in [0.05, 0.1) is 17.2 Å². The summed E-state index contributed by atoms with van der Waals surface area (Å²) in [5.41, 5.74) is 0.688. The Morgan fingerprint density at radius 1 is 1.48 bits per heavy atom. The van der Waals surface area contributed by atoms with Gasteiger partial charge < -0.3 is 15.2 Å². The van der Waals surface area contributed by atoms with E-state index in [0.717, 1.165) is 0 Å². The number of halogens is 1. The Kier molecular flexibility index (Phi) is 6.70. The molecule has 5 heteroatoms. The molecule has 1 aromatic carbocycles. The molecule has 1 rings (SSSR count). The lowest BCUT2D eigenvalue weighted by molar-refractivity contribution is 0.0229. The summed E-state index contributed by atoms with van der Waals surface area (Å²) >= 11 is 6.10. The third-order valence-corrected chi connectivity index (χ3v) is 3.23. The number of hydrogen-bond donors (Lipinski definition) is 2. The molecule has 0 radical (unpaired) electrons. The van der Waals surface area contributed by atoms with Crippen LogP contribution in [0.15, 0.2) is 18.2 Å². The highest BCUT2D eigenvalue weighted by atomic mass is 35.5. The first kappa shape index (κ1) is 17.5. The van der Waals surface area contributed by atoms with E-state index in [1.807, 2.05) is 13.8 Å². The minimum atomic E-state index is -0.421. The van der Waals surface area contributed by atoms with Crippen molar-refractivity contribution in [1.82, 2.24) is 5.32 Å². The molecular formula is C16H20ClNO3. The zero-order valence-corrected chi connectivity index (χ0v) is 13.3. The number of ether oxygens (including phenoxy) is 1. The molecule has 0 aliphatic rings. The number of benzene rings is 1. The van der Waals surface area contributed by atoms with Gasteiger partial charge in [0.2, 0.25) is 0 Å². The fraction of sp³-hybridized carbons (Fsp3) is 0.438. The highest BCUT2D eigenvalue weighted by molar-refractivity contribution is 6.32. The van der Waals surface area contributed by atoms with E-state index in [9.17, 15) is 4.79 Å². The third-order valence-electron chi connectivity index (χ3n) is 2.92. The molecule has 2 N–H and O–H groups in total. The van der Waals surface area contributed by atoms with E-state index in [4.69, 9.17) is 21.4 Å². The van der Waals surface area contributed by atoms with E-state index >= 15 is 0 Å². The average molecular weight is 310 g/mol. The van der Waals surface area contributed by atoms with Gasteiger partial charge in [0.1, 0.15) is 0 Å². The van der Waals surface area contributed by atoms with Crippen LogP contribution in [0, 0.1) is 11.8 Å². The molecule has 0 heterocycles. The van der Waals surface area contributed by atoms with Crippen molar-refractivity contribution in [2.45, 2.75) is 25.9 Å². The molecule has 1 amide bonds. The average Bonchev–Trinajstić information content (AvgIpc) is 2.46. The minimum absolute atomic E-state index is 0.0143. The van der Waals surface area contributed by atoms with Crippen LogP contribution < -0.4 is 5.32 Å². The lowest BCUT2D eigenvalue weighted by Crippen LogP contribution is -2.39. The van der Waals surface area contributed by atoms with Crippen molar-refractivity contribution in [1.29, 1.82) is 0 Å². The van der Waals surface area contributed by atoms with Crippen LogP contribution in [0.2, 0.25) is 5.02 Å². The van der Waals surface area contributed by atoms with E-state index in [2.05, 4.69) is 17.2 Å². The Morgan fingerprint density at radius 2 is 2.19 bits per heavy atom. The second-order valence-electron chi connectivity index (χ2n) is 5.12. The smallest absolute Gasteiger partial charge is 0.251 e. The number of aliphatic hydroxyl groups is 1. The van der Waals surface area contributed by atoms with Crippen molar-refractivity contribution in [2.75, 3.05) is 20.3 Å². The molecule has 0 atom stereocenters.